The first-order chi connectivity index (χ1) is 25.5. The van der Waals surface area contributed by atoms with Gasteiger partial charge in [-0.2, -0.15) is 4.31 Å². The minimum absolute atomic E-state index is 0.0391. The minimum Gasteiger partial charge on any atom is -0.448 e. The lowest BCUT2D eigenvalue weighted by molar-refractivity contribution is 0.0787. The van der Waals surface area contributed by atoms with Gasteiger partial charge >= 0.3 is 6.09 Å². The van der Waals surface area contributed by atoms with Crippen LogP contribution < -0.4 is 0 Å². The summed E-state index contributed by atoms with van der Waals surface area (Å²) in [4.78, 5) is 28.9. The van der Waals surface area contributed by atoms with E-state index >= 15 is 0 Å². The van der Waals surface area contributed by atoms with Crippen LogP contribution in [0, 0.1) is 12.8 Å². The van der Waals surface area contributed by atoms with Gasteiger partial charge < -0.3 is 14.2 Å². The monoisotopic (exact) mass is 752 g/mol. The molecule has 1 fully saturated rings. The van der Waals surface area contributed by atoms with E-state index in [1.54, 1.807) is 36.5 Å². The summed E-state index contributed by atoms with van der Waals surface area (Å²) in [6, 6.07) is 18.6. The number of carbonyl (C=O) groups is 1. The number of imidazole rings is 1. The molecule has 4 heterocycles. The molecule has 0 N–H and O–H groups in total. The maximum atomic E-state index is 13.9. The van der Waals surface area contributed by atoms with Crippen molar-refractivity contribution in [2.24, 2.45) is 5.92 Å². The molecule has 5 aromatic rings. The van der Waals surface area contributed by atoms with Crippen LogP contribution >= 0.6 is 11.6 Å². The summed E-state index contributed by atoms with van der Waals surface area (Å²) in [5.41, 5.74) is 9.75. The number of hydrogen-bond donors (Lipinski definition) is 0. The molecule has 12 heteroatoms. The van der Waals surface area contributed by atoms with Crippen LogP contribution in [-0.4, -0.2) is 76.0 Å². The topological polar surface area (TPSA) is 111 Å². The highest BCUT2D eigenvalue weighted by Gasteiger charge is 2.32. The largest absolute Gasteiger partial charge is 0.448 e. The van der Waals surface area contributed by atoms with Crippen LogP contribution in [-0.2, 0) is 34.1 Å². The second kappa shape index (κ2) is 15.4. The third-order valence-corrected chi connectivity index (χ3v) is 12.6. The molecule has 10 nitrogen and oxygen atoms in total. The number of likely N-dealkylation sites (N-methyl/N-ethyl adjacent to an activating group) is 1. The van der Waals surface area contributed by atoms with Crippen LogP contribution in [0.25, 0.3) is 16.6 Å². The fourth-order valence-electron chi connectivity index (χ4n) is 7.58. The van der Waals surface area contributed by atoms with Crippen molar-refractivity contribution >= 4 is 44.3 Å². The molecule has 0 saturated carbocycles. The molecule has 3 aromatic heterocycles. The lowest BCUT2D eigenvalue weighted by Gasteiger charge is -2.32. The number of aryl methyl sites for hydroxylation is 3. The highest BCUT2D eigenvalue weighted by atomic mass is 35.5. The predicted octanol–water partition coefficient (Wildman–Crippen LogP) is 7.70. The highest BCUT2D eigenvalue weighted by molar-refractivity contribution is 7.89. The van der Waals surface area contributed by atoms with Crippen molar-refractivity contribution in [2.45, 2.75) is 70.4 Å². The maximum absolute atomic E-state index is 13.9. The van der Waals surface area contributed by atoms with Gasteiger partial charge in [0, 0.05) is 49.7 Å². The standard InChI is InChI=1S/C41H45ClN6O4S/c1-27(2)22-34(46(4)53(50,51)35-12-7-29(8-13-35)25-48-28(3)45-37-24-43-19-15-38(37)48)26-52-41(49)47-20-16-30(17-21-47)39-36-14-11-33(42)23-32(36)10-9-31-6-5-18-44-40(31)39/h5-8,11-15,18-19,23-24,27,34H,9-10,16-17,20-22,25-26H2,1-4H3/t34-/m0/s1. The van der Waals surface area contributed by atoms with E-state index in [0.717, 1.165) is 57.1 Å². The molecule has 0 radical (unpaired) electrons. The summed E-state index contributed by atoms with van der Waals surface area (Å²) in [6.45, 7) is 7.54. The molecular formula is C41H45ClN6O4S. The molecule has 1 aliphatic heterocycles. The number of piperidine rings is 1. The van der Waals surface area contributed by atoms with E-state index in [9.17, 15) is 13.2 Å². The van der Waals surface area contributed by atoms with E-state index in [4.69, 9.17) is 21.3 Å². The van der Waals surface area contributed by atoms with Crippen molar-refractivity contribution in [1.29, 1.82) is 0 Å². The third kappa shape index (κ3) is 7.74. The summed E-state index contributed by atoms with van der Waals surface area (Å²) in [5.74, 6) is 1.04. The number of nitrogens with zero attached hydrogens (tertiary/aromatic N) is 6. The molecule has 1 saturated heterocycles. The van der Waals surface area contributed by atoms with Crippen molar-refractivity contribution in [3.63, 3.8) is 0 Å². The average Bonchev–Trinajstić information content (AvgIpc) is 3.37. The number of carbonyl (C=O) groups excluding carboxylic acids is 1. The number of hydrogen-bond acceptors (Lipinski definition) is 7. The zero-order chi connectivity index (χ0) is 37.3. The number of sulfonamides is 1. The molecule has 2 aromatic carbocycles. The van der Waals surface area contributed by atoms with Crippen LogP contribution in [0.15, 0.2) is 89.7 Å². The molecule has 0 unspecified atom stereocenters. The van der Waals surface area contributed by atoms with Crippen LogP contribution in [0.4, 0.5) is 4.79 Å². The Labute approximate surface area is 316 Å². The van der Waals surface area contributed by atoms with Gasteiger partial charge in [0.2, 0.25) is 10.0 Å². The molecule has 1 aliphatic carbocycles. The maximum Gasteiger partial charge on any atom is 0.409 e. The second-order valence-electron chi connectivity index (χ2n) is 14.4. The van der Waals surface area contributed by atoms with Crippen molar-refractivity contribution in [3.05, 3.63) is 124 Å². The van der Waals surface area contributed by atoms with E-state index in [1.165, 1.54) is 21.0 Å². The number of halogens is 1. The quantitative estimate of drug-likeness (QED) is 0.152. The van der Waals surface area contributed by atoms with Gasteiger partial charge in [0.15, 0.2) is 0 Å². The minimum atomic E-state index is -3.87. The Morgan fingerprint density at radius 3 is 2.49 bits per heavy atom. The SMILES string of the molecule is Cc1nc2cnccc2n1Cc1ccc(S(=O)(=O)N(C)[C@H](COC(=O)N2CCC(=C3c4ccc(Cl)cc4CCc4cccnc43)CC2)CC(C)C)cc1. The summed E-state index contributed by atoms with van der Waals surface area (Å²) in [7, 11) is -2.30. The number of amides is 1. The molecular weight excluding hydrogens is 708 g/mol. The molecule has 7 rings (SSSR count). The zero-order valence-corrected chi connectivity index (χ0v) is 32.2. The van der Waals surface area contributed by atoms with E-state index in [0.29, 0.717) is 38.9 Å². The normalized spacial score (nSPS) is 15.4. The number of pyridine rings is 2. The smallest absolute Gasteiger partial charge is 0.409 e. The number of likely N-dealkylation sites (tertiary alicyclic amines) is 1. The highest BCUT2D eigenvalue weighted by Crippen LogP contribution is 2.38. The Kier molecular flexibility index (Phi) is 10.7. The van der Waals surface area contributed by atoms with Crippen LogP contribution in [0.3, 0.4) is 0 Å². The Morgan fingerprint density at radius 1 is 0.981 bits per heavy atom. The number of aromatic nitrogens is 4. The molecule has 1 amide bonds. The average molecular weight is 753 g/mol. The Hall–Kier alpha value is -4.58. The van der Waals surface area contributed by atoms with Gasteiger partial charge in [-0.15, -0.1) is 0 Å². The van der Waals surface area contributed by atoms with Gasteiger partial charge in [0.1, 0.15) is 17.9 Å². The van der Waals surface area contributed by atoms with Gasteiger partial charge in [-0.1, -0.05) is 55.3 Å². The van der Waals surface area contributed by atoms with Gasteiger partial charge in [0.05, 0.1) is 28.3 Å². The van der Waals surface area contributed by atoms with Crippen molar-refractivity contribution in [1.82, 2.24) is 28.7 Å². The molecule has 276 valence electrons. The summed E-state index contributed by atoms with van der Waals surface area (Å²) >= 11 is 6.40. The number of rotatable bonds is 9. The van der Waals surface area contributed by atoms with E-state index < -0.39 is 22.2 Å². The third-order valence-electron chi connectivity index (χ3n) is 10.4. The second-order valence-corrected chi connectivity index (χ2v) is 16.8. The van der Waals surface area contributed by atoms with Crippen molar-refractivity contribution < 1.29 is 17.9 Å². The molecule has 53 heavy (non-hydrogen) atoms. The van der Waals surface area contributed by atoms with Crippen LogP contribution in [0.5, 0.6) is 0 Å². The van der Waals surface area contributed by atoms with Gasteiger partial charge in [0.25, 0.3) is 0 Å². The molecule has 2 aliphatic rings. The van der Waals surface area contributed by atoms with E-state index in [2.05, 4.69) is 32.7 Å². The zero-order valence-electron chi connectivity index (χ0n) is 30.6. The van der Waals surface area contributed by atoms with Gasteiger partial charge in [-0.3, -0.25) is 9.97 Å². The number of benzene rings is 2. The first kappa shape index (κ1) is 36.8. The number of fused-ring (bicyclic) bond motifs is 3. The lowest BCUT2D eigenvalue weighted by Crippen LogP contribution is -2.43. The van der Waals surface area contributed by atoms with Gasteiger partial charge in [-0.25, -0.2) is 18.2 Å². The van der Waals surface area contributed by atoms with Crippen LogP contribution in [0.2, 0.25) is 5.02 Å². The van der Waals surface area contributed by atoms with Crippen molar-refractivity contribution in [3.8, 4) is 0 Å². The predicted molar refractivity (Wildman–Crippen MR) is 207 cm³/mol. The van der Waals surface area contributed by atoms with Crippen molar-refractivity contribution in [2.75, 3.05) is 26.7 Å². The Balaban J connectivity index is 1.02. The molecule has 0 spiro atoms. The fraction of sp³-hybridized carbons (Fsp3) is 0.366. The first-order valence-corrected chi connectivity index (χ1v) is 20.0. The van der Waals surface area contributed by atoms with Crippen LogP contribution in [0.1, 0.15) is 66.9 Å². The Morgan fingerprint density at radius 2 is 1.74 bits per heavy atom. The van der Waals surface area contributed by atoms with E-state index in [1.807, 2.05) is 57.3 Å². The number of ether oxygens (including phenoxy) is 1. The van der Waals surface area contributed by atoms with E-state index in [-0.39, 0.29) is 17.4 Å². The first-order valence-electron chi connectivity index (χ1n) is 18.2. The Bertz CT molecular complexity index is 2280. The molecule has 0 bridgehead atoms. The lowest BCUT2D eigenvalue weighted by atomic mass is 9.88. The summed E-state index contributed by atoms with van der Waals surface area (Å²) < 4.78 is 37.1. The summed E-state index contributed by atoms with van der Waals surface area (Å²) in [5, 5.41) is 0.723. The fourth-order valence-corrected chi connectivity index (χ4v) is 9.13. The van der Waals surface area contributed by atoms with Gasteiger partial charge in [-0.05, 0) is 104 Å². The summed E-state index contributed by atoms with van der Waals surface area (Å²) in [6.07, 6.45) is 8.59. The molecule has 1 atom stereocenters.